The molecular weight excluding hydrogens is 558 g/mol. The van der Waals surface area contributed by atoms with Crippen LogP contribution in [0.1, 0.15) is 28.9 Å². The normalized spacial score (nSPS) is 17.0. The average molecular weight is 586 g/mol. The molecule has 0 spiro atoms. The summed E-state index contributed by atoms with van der Waals surface area (Å²) >= 11 is 0. The molecule has 0 radical (unpaired) electrons. The summed E-state index contributed by atoms with van der Waals surface area (Å²) in [5.41, 5.74) is 1.56. The fraction of sp³-hybridized carbons (Fsp3) is 0.310. The van der Waals surface area contributed by atoms with Crippen molar-refractivity contribution >= 4 is 29.0 Å². The van der Waals surface area contributed by atoms with Crippen molar-refractivity contribution in [3.05, 3.63) is 71.2 Å². The first kappa shape index (κ1) is 28.8. The Morgan fingerprint density at radius 3 is 2.50 bits per heavy atom. The van der Waals surface area contributed by atoms with E-state index >= 15 is 0 Å². The Morgan fingerprint density at radius 2 is 1.86 bits per heavy atom. The summed E-state index contributed by atoms with van der Waals surface area (Å²) in [6.45, 7) is 1.72. The number of ether oxygens (including phenoxy) is 1. The number of alkyl halides is 1. The number of methoxy groups -OCH3 is 1. The zero-order chi connectivity index (χ0) is 30.3. The van der Waals surface area contributed by atoms with Crippen LogP contribution in [0.15, 0.2) is 42.5 Å². The van der Waals surface area contributed by atoms with Crippen molar-refractivity contribution in [1.82, 2.24) is 19.5 Å². The number of carbonyl (C=O) groups is 2. The third kappa shape index (κ3) is 5.33. The van der Waals surface area contributed by atoms with Crippen molar-refractivity contribution < 1.29 is 37.0 Å². The van der Waals surface area contributed by atoms with Gasteiger partial charge in [0.25, 0.3) is 5.91 Å². The second-order valence-corrected chi connectivity index (χ2v) is 10.2. The van der Waals surface area contributed by atoms with Gasteiger partial charge in [0.2, 0.25) is 0 Å². The fourth-order valence-corrected chi connectivity index (χ4v) is 5.25. The van der Waals surface area contributed by atoms with Gasteiger partial charge in [-0.1, -0.05) is 12.1 Å². The van der Waals surface area contributed by atoms with Crippen LogP contribution in [0.5, 0.6) is 5.75 Å². The number of hydrogen-bond acceptors (Lipinski definition) is 6. The number of halogens is 4. The average Bonchev–Trinajstić information content (AvgIpc) is 3.39. The molecule has 2 atom stereocenters. The molecule has 42 heavy (non-hydrogen) atoms. The third-order valence-electron chi connectivity index (χ3n) is 7.41. The standard InChI is InChI=1S/C29H27F4N5O4/c1-15-5-4-6-23(42-3)28(15)36(2)25-13-21(17-9-18(30)27(33)19(31)10-17)34-24-12-22(35-38(24)25)29(41)37-8-7-16(11-26(39)40)20(32)14-37/h4-6,9-10,12-13,16,20H,7-8,11,14H2,1-3H3,(H,39,40)/t16-,20-/m0/s1. The molecule has 0 bridgehead atoms. The molecule has 2 aromatic heterocycles. The summed E-state index contributed by atoms with van der Waals surface area (Å²) in [7, 11) is 3.21. The molecule has 1 aliphatic rings. The number of rotatable bonds is 7. The van der Waals surface area contributed by atoms with Gasteiger partial charge in [-0.25, -0.2) is 22.5 Å². The number of para-hydroxylation sites is 1. The minimum absolute atomic E-state index is 0.0462. The number of amides is 1. The predicted octanol–water partition coefficient (Wildman–Crippen LogP) is 5.17. The molecule has 1 saturated heterocycles. The van der Waals surface area contributed by atoms with Crippen LogP contribution < -0.4 is 9.64 Å². The van der Waals surface area contributed by atoms with E-state index in [1.54, 1.807) is 18.0 Å². The summed E-state index contributed by atoms with van der Waals surface area (Å²) < 4.78 is 63.7. The van der Waals surface area contributed by atoms with Gasteiger partial charge in [-0.15, -0.1) is 0 Å². The van der Waals surface area contributed by atoms with Gasteiger partial charge in [-0.3, -0.25) is 9.59 Å². The van der Waals surface area contributed by atoms with E-state index in [-0.39, 0.29) is 48.5 Å². The Balaban J connectivity index is 1.61. The van der Waals surface area contributed by atoms with Gasteiger partial charge >= 0.3 is 5.97 Å². The summed E-state index contributed by atoms with van der Waals surface area (Å²) in [4.78, 5) is 31.9. The highest BCUT2D eigenvalue weighted by atomic mass is 19.2. The quantitative estimate of drug-likeness (QED) is 0.236. The zero-order valence-corrected chi connectivity index (χ0v) is 22.9. The van der Waals surface area contributed by atoms with Crippen LogP contribution in [0.3, 0.4) is 0 Å². The van der Waals surface area contributed by atoms with E-state index in [0.717, 1.165) is 17.7 Å². The van der Waals surface area contributed by atoms with Crippen LogP contribution in [-0.2, 0) is 4.79 Å². The number of carbonyl (C=O) groups excluding carboxylic acids is 1. The number of aliphatic carboxylic acids is 1. The van der Waals surface area contributed by atoms with Gasteiger partial charge in [-0.05, 0) is 37.1 Å². The number of carboxylic acids is 1. The number of aryl methyl sites for hydroxylation is 1. The van der Waals surface area contributed by atoms with E-state index in [9.17, 15) is 27.2 Å². The molecule has 4 aromatic rings. The highest BCUT2D eigenvalue weighted by Crippen LogP contribution is 2.37. The first-order valence-corrected chi connectivity index (χ1v) is 13.1. The first-order valence-electron chi connectivity index (χ1n) is 13.1. The fourth-order valence-electron chi connectivity index (χ4n) is 5.25. The number of benzene rings is 2. The van der Waals surface area contributed by atoms with E-state index < -0.39 is 41.4 Å². The number of likely N-dealkylation sites (tertiary alicyclic amines) is 1. The van der Waals surface area contributed by atoms with Crippen LogP contribution in [0.2, 0.25) is 0 Å². The summed E-state index contributed by atoms with van der Waals surface area (Å²) in [6, 6.07) is 9.92. The lowest BCUT2D eigenvalue weighted by molar-refractivity contribution is -0.139. The molecule has 1 N–H and O–H groups in total. The highest BCUT2D eigenvalue weighted by Gasteiger charge is 2.34. The summed E-state index contributed by atoms with van der Waals surface area (Å²) in [6.07, 6.45) is -1.66. The molecule has 5 rings (SSSR count). The van der Waals surface area contributed by atoms with E-state index in [1.165, 1.54) is 28.7 Å². The minimum atomic E-state index is -1.61. The maximum atomic E-state index is 14.7. The molecule has 2 aromatic carbocycles. The van der Waals surface area contributed by atoms with E-state index in [2.05, 4.69) is 10.1 Å². The van der Waals surface area contributed by atoms with Crippen LogP contribution in [0.25, 0.3) is 16.9 Å². The lowest BCUT2D eigenvalue weighted by Crippen LogP contribution is -2.45. The number of nitrogens with zero attached hydrogens (tertiary/aromatic N) is 5. The Hall–Kier alpha value is -4.68. The van der Waals surface area contributed by atoms with Gasteiger partial charge in [0.1, 0.15) is 17.7 Å². The topological polar surface area (TPSA) is 100 Å². The summed E-state index contributed by atoms with van der Waals surface area (Å²) in [5.74, 6) is -5.93. The van der Waals surface area contributed by atoms with Gasteiger partial charge in [-0.2, -0.15) is 9.61 Å². The Bertz CT molecular complexity index is 1670. The second kappa shape index (κ2) is 11.3. The molecular formula is C29H27F4N5O4. The highest BCUT2D eigenvalue weighted by molar-refractivity contribution is 5.94. The van der Waals surface area contributed by atoms with Crippen molar-refractivity contribution in [2.45, 2.75) is 25.9 Å². The SMILES string of the molecule is COc1cccc(C)c1N(C)c1cc(-c2cc(F)c(F)c(F)c2)nc2cc(C(=O)N3CC[C@@H](CC(=O)O)[C@@H](F)C3)nn12. The van der Waals surface area contributed by atoms with Crippen LogP contribution in [0.4, 0.5) is 29.1 Å². The predicted molar refractivity (Wildman–Crippen MR) is 145 cm³/mol. The number of anilines is 2. The van der Waals surface area contributed by atoms with Crippen LogP contribution >= 0.6 is 0 Å². The molecule has 0 aliphatic carbocycles. The van der Waals surface area contributed by atoms with Gasteiger partial charge < -0.3 is 19.6 Å². The molecule has 1 amide bonds. The van der Waals surface area contributed by atoms with E-state index in [1.807, 2.05) is 19.1 Å². The monoisotopic (exact) mass is 585 g/mol. The lowest BCUT2D eigenvalue weighted by atomic mass is 9.91. The third-order valence-corrected chi connectivity index (χ3v) is 7.41. The molecule has 9 nitrogen and oxygen atoms in total. The Morgan fingerprint density at radius 1 is 1.14 bits per heavy atom. The smallest absolute Gasteiger partial charge is 0.303 e. The van der Waals surface area contributed by atoms with Crippen molar-refractivity contribution in [3.8, 4) is 17.0 Å². The largest absolute Gasteiger partial charge is 0.495 e. The molecule has 3 heterocycles. The number of aromatic nitrogens is 3. The maximum Gasteiger partial charge on any atom is 0.303 e. The van der Waals surface area contributed by atoms with Gasteiger partial charge in [0, 0.05) is 37.2 Å². The van der Waals surface area contributed by atoms with Crippen LogP contribution in [-0.4, -0.2) is 69.9 Å². The van der Waals surface area contributed by atoms with Crippen molar-refractivity contribution in [3.63, 3.8) is 0 Å². The molecule has 1 aliphatic heterocycles. The van der Waals surface area contributed by atoms with Crippen molar-refractivity contribution in [1.29, 1.82) is 0 Å². The van der Waals surface area contributed by atoms with Gasteiger partial charge in [0.05, 0.1) is 31.5 Å². The Labute approximate surface area is 237 Å². The number of carboxylic acid groups (broad SMARTS) is 1. The molecule has 13 heteroatoms. The van der Waals surface area contributed by atoms with Gasteiger partial charge in [0.15, 0.2) is 28.8 Å². The number of hydrogen-bond donors (Lipinski definition) is 1. The van der Waals surface area contributed by atoms with E-state index in [4.69, 9.17) is 9.84 Å². The second-order valence-electron chi connectivity index (χ2n) is 10.2. The first-order chi connectivity index (χ1) is 20.0. The Kier molecular flexibility index (Phi) is 7.76. The molecule has 1 fully saturated rings. The molecule has 220 valence electrons. The van der Waals surface area contributed by atoms with E-state index in [0.29, 0.717) is 17.3 Å². The minimum Gasteiger partial charge on any atom is -0.495 e. The number of fused-ring (bicyclic) bond motifs is 1. The number of piperidine rings is 1. The molecule has 0 saturated carbocycles. The van der Waals surface area contributed by atoms with Crippen molar-refractivity contribution in [2.24, 2.45) is 5.92 Å². The zero-order valence-electron chi connectivity index (χ0n) is 22.9. The summed E-state index contributed by atoms with van der Waals surface area (Å²) in [5, 5.41) is 13.5. The maximum absolute atomic E-state index is 14.7. The molecule has 0 unspecified atom stereocenters. The lowest BCUT2D eigenvalue weighted by Gasteiger charge is -2.33. The van der Waals surface area contributed by atoms with Crippen LogP contribution in [0, 0.1) is 30.3 Å². The van der Waals surface area contributed by atoms with Crippen molar-refractivity contribution in [2.75, 3.05) is 32.1 Å².